The molecule has 31 heavy (non-hydrogen) atoms. The van der Waals surface area contributed by atoms with Gasteiger partial charge in [0.05, 0.1) is 5.69 Å². The summed E-state index contributed by atoms with van der Waals surface area (Å²) in [5.41, 5.74) is 2.80. The third-order valence-corrected chi connectivity index (χ3v) is 6.19. The number of carbonyl (C=O) groups excluding carboxylic acids is 1. The summed E-state index contributed by atoms with van der Waals surface area (Å²) in [5.74, 6) is 1.60. The van der Waals surface area contributed by atoms with E-state index in [1.54, 1.807) is 0 Å². The summed E-state index contributed by atoms with van der Waals surface area (Å²) in [6.45, 7) is 6.47. The van der Waals surface area contributed by atoms with Crippen LogP contribution in [0.3, 0.4) is 0 Å². The number of halogens is 1. The van der Waals surface area contributed by atoms with Gasteiger partial charge in [0.15, 0.2) is 5.78 Å². The number of benzene rings is 2. The van der Waals surface area contributed by atoms with Crippen LogP contribution in [0.4, 0.5) is 0 Å². The number of hydrogen-bond acceptors (Lipinski definition) is 3. The first-order valence-electron chi connectivity index (χ1n) is 11.3. The normalized spacial score (nSPS) is 14.2. The van der Waals surface area contributed by atoms with E-state index in [-0.39, 0.29) is 5.78 Å². The zero-order valence-electron chi connectivity index (χ0n) is 18.8. The van der Waals surface area contributed by atoms with Crippen LogP contribution in [0, 0.1) is 5.92 Å². The molecule has 4 nitrogen and oxygen atoms in total. The summed E-state index contributed by atoms with van der Waals surface area (Å²) in [6, 6.07) is 15.4. The number of aromatic nitrogens is 1. The highest BCUT2D eigenvalue weighted by molar-refractivity contribution is 6.30. The molecule has 1 saturated heterocycles. The number of piperidine rings is 1. The lowest BCUT2D eigenvalue weighted by molar-refractivity contribution is 0.0969. The second-order valence-electron chi connectivity index (χ2n) is 7.80. The van der Waals surface area contributed by atoms with Gasteiger partial charge < -0.3 is 14.6 Å². The molecule has 1 aromatic heterocycles. The van der Waals surface area contributed by atoms with Crippen LogP contribution >= 0.6 is 11.6 Å². The van der Waals surface area contributed by atoms with Gasteiger partial charge in [0, 0.05) is 35.0 Å². The highest BCUT2D eigenvalue weighted by Crippen LogP contribution is 2.29. The van der Waals surface area contributed by atoms with E-state index < -0.39 is 0 Å². The molecule has 2 heterocycles. The zero-order chi connectivity index (χ0) is 22.2. The average Bonchev–Trinajstić information content (AvgIpc) is 3.11. The van der Waals surface area contributed by atoms with Crippen molar-refractivity contribution < 1.29 is 9.53 Å². The molecule has 5 heteroatoms. The Kier molecular flexibility index (Phi) is 8.56. The number of ketones is 1. The van der Waals surface area contributed by atoms with Gasteiger partial charge >= 0.3 is 0 Å². The molecule has 3 aromatic rings. The van der Waals surface area contributed by atoms with Crippen LogP contribution in [0.2, 0.25) is 5.02 Å². The number of rotatable bonds is 7. The van der Waals surface area contributed by atoms with Gasteiger partial charge in [-0.15, -0.1) is 0 Å². The first kappa shape index (κ1) is 23.4. The van der Waals surface area contributed by atoms with Crippen molar-refractivity contribution in [2.75, 3.05) is 13.1 Å². The SMILES string of the molecule is CC.Cn1c(COc2ccc(Cl)cc2)c(C(=O)CCC2CCNCC2)c2ccccc21. The Morgan fingerprint density at radius 1 is 1.10 bits per heavy atom. The van der Waals surface area contributed by atoms with E-state index in [1.807, 2.05) is 63.4 Å². The predicted octanol–water partition coefficient (Wildman–Crippen LogP) is 6.40. The molecule has 0 bridgehead atoms. The topological polar surface area (TPSA) is 43.3 Å². The molecular formula is C26H33ClN2O2. The van der Waals surface area contributed by atoms with Gasteiger partial charge in [-0.1, -0.05) is 43.6 Å². The Morgan fingerprint density at radius 3 is 2.48 bits per heavy atom. The fourth-order valence-electron chi connectivity index (χ4n) is 4.24. The fourth-order valence-corrected chi connectivity index (χ4v) is 4.37. The smallest absolute Gasteiger partial charge is 0.165 e. The quantitative estimate of drug-likeness (QED) is 0.432. The van der Waals surface area contributed by atoms with Gasteiger partial charge in [-0.25, -0.2) is 0 Å². The number of nitrogens with one attached hydrogen (secondary N) is 1. The molecule has 0 spiro atoms. The van der Waals surface area contributed by atoms with Crippen molar-refractivity contribution in [2.45, 2.75) is 46.1 Å². The van der Waals surface area contributed by atoms with Gasteiger partial charge in [0.2, 0.25) is 0 Å². The summed E-state index contributed by atoms with van der Waals surface area (Å²) in [5, 5.41) is 5.08. The third kappa shape index (κ3) is 5.69. The number of carbonyl (C=O) groups is 1. The maximum absolute atomic E-state index is 13.3. The summed E-state index contributed by atoms with van der Waals surface area (Å²) < 4.78 is 8.09. The molecule has 0 radical (unpaired) electrons. The molecule has 1 aliphatic heterocycles. The van der Waals surface area contributed by atoms with E-state index in [0.717, 1.165) is 60.3 Å². The summed E-state index contributed by atoms with van der Waals surface area (Å²) in [4.78, 5) is 13.3. The van der Waals surface area contributed by atoms with Crippen LogP contribution in [0.15, 0.2) is 48.5 Å². The van der Waals surface area contributed by atoms with E-state index in [4.69, 9.17) is 16.3 Å². The van der Waals surface area contributed by atoms with Gasteiger partial charge in [-0.2, -0.15) is 0 Å². The lowest BCUT2D eigenvalue weighted by Gasteiger charge is -2.22. The van der Waals surface area contributed by atoms with Crippen molar-refractivity contribution in [3.05, 3.63) is 64.8 Å². The minimum Gasteiger partial charge on any atom is -0.487 e. The van der Waals surface area contributed by atoms with Crippen LogP contribution in [-0.4, -0.2) is 23.4 Å². The molecule has 2 aromatic carbocycles. The molecule has 1 fully saturated rings. The Balaban J connectivity index is 0.00000132. The Labute approximate surface area is 190 Å². The van der Waals surface area contributed by atoms with E-state index in [1.165, 1.54) is 0 Å². The molecule has 0 amide bonds. The second kappa shape index (κ2) is 11.4. The van der Waals surface area contributed by atoms with E-state index in [9.17, 15) is 4.79 Å². The average molecular weight is 441 g/mol. The Bertz CT molecular complexity index is 989. The molecule has 166 valence electrons. The minimum absolute atomic E-state index is 0.218. The summed E-state index contributed by atoms with van der Waals surface area (Å²) in [7, 11) is 2.01. The maximum Gasteiger partial charge on any atom is 0.165 e. The number of aryl methyl sites for hydroxylation is 1. The van der Waals surface area contributed by atoms with Crippen LogP contribution < -0.4 is 10.1 Å². The minimum atomic E-state index is 0.218. The molecular weight excluding hydrogens is 408 g/mol. The lowest BCUT2D eigenvalue weighted by atomic mass is 9.90. The molecule has 1 aliphatic rings. The summed E-state index contributed by atoms with van der Waals surface area (Å²) >= 11 is 5.96. The lowest BCUT2D eigenvalue weighted by Crippen LogP contribution is -2.28. The highest BCUT2D eigenvalue weighted by atomic mass is 35.5. The number of nitrogens with zero attached hydrogens (tertiary/aromatic N) is 1. The fraction of sp³-hybridized carbons (Fsp3) is 0.423. The van der Waals surface area contributed by atoms with E-state index >= 15 is 0 Å². The van der Waals surface area contributed by atoms with Crippen molar-refractivity contribution in [1.82, 2.24) is 9.88 Å². The maximum atomic E-state index is 13.3. The van der Waals surface area contributed by atoms with Crippen molar-refractivity contribution in [3.8, 4) is 5.75 Å². The zero-order valence-corrected chi connectivity index (χ0v) is 19.5. The number of fused-ring (bicyclic) bond motifs is 1. The highest BCUT2D eigenvalue weighted by Gasteiger charge is 2.23. The third-order valence-electron chi connectivity index (χ3n) is 5.93. The number of Topliss-reactive ketones (excluding diaryl/α,β-unsaturated/α-hetero) is 1. The van der Waals surface area contributed by atoms with Crippen LogP contribution in [0.25, 0.3) is 10.9 Å². The van der Waals surface area contributed by atoms with Crippen LogP contribution in [0.1, 0.15) is 55.6 Å². The molecule has 1 N–H and O–H groups in total. The summed E-state index contributed by atoms with van der Waals surface area (Å²) in [6.07, 6.45) is 3.87. The number of hydrogen-bond donors (Lipinski definition) is 1. The number of para-hydroxylation sites is 1. The van der Waals surface area contributed by atoms with Gasteiger partial charge in [0.1, 0.15) is 12.4 Å². The molecule has 0 aliphatic carbocycles. The van der Waals surface area contributed by atoms with Crippen molar-refractivity contribution in [3.63, 3.8) is 0 Å². The van der Waals surface area contributed by atoms with E-state index in [2.05, 4.69) is 16.0 Å². The monoisotopic (exact) mass is 440 g/mol. The van der Waals surface area contributed by atoms with Crippen molar-refractivity contribution in [2.24, 2.45) is 13.0 Å². The molecule has 0 unspecified atom stereocenters. The first-order valence-corrected chi connectivity index (χ1v) is 11.7. The molecule has 4 rings (SSSR count). The van der Waals surface area contributed by atoms with Crippen LogP contribution in [0.5, 0.6) is 5.75 Å². The van der Waals surface area contributed by atoms with Gasteiger partial charge in [-0.05, 0) is 68.6 Å². The second-order valence-corrected chi connectivity index (χ2v) is 8.23. The largest absolute Gasteiger partial charge is 0.487 e. The van der Waals surface area contributed by atoms with Crippen molar-refractivity contribution in [1.29, 1.82) is 0 Å². The van der Waals surface area contributed by atoms with Gasteiger partial charge in [-0.3, -0.25) is 4.79 Å². The van der Waals surface area contributed by atoms with E-state index in [0.29, 0.717) is 24.0 Å². The first-order chi connectivity index (χ1) is 15.1. The standard InChI is InChI=1S/C24H27ClN2O2.C2H6/c1-27-21-5-3-2-4-20(21)24(23(28)11-6-17-12-14-26-15-13-17)22(27)16-29-19-9-7-18(25)8-10-19;1-2/h2-5,7-10,17,26H,6,11-16H2,1H3;1-2H3. The molecule has 0 atom stereocenters. The molecule has 0 saturated carbocycles. The van der Waals surface area contributed by atoms with Gasteiger partial charge in [0.25, 0.3) is 0 Å². The predicted molar refractivity (Wildman–Crippen MR) is 129 cm³/mol. The van der Waals surface area contributed by atoms with Crippen LogP contribution in [-0.2, 0) is 13.7 Å². The number of ether oxygens (including phenoxy) is 1. The Hall–Kier alpha value is -2.30. The van der Waals surface area contributed by atoms with Crippen molar-refractivity contribution >= 4 is 28.3 Å². The Morgan fingerprint density at radius 2 is 1.77 bits per heavy atom.